The Morgan fingerprint density at radius 2 is 1.42 bits per heavy atom. The van der Waals surface area contributed by atoms with E-state index >= 15 is 0 Å². The second kappa shape index (κ2) is 8.78. The minimum absolute atomic E-state index is 0.838. The zero-order valence-electron chi connectivity index (χ0n) is 17.4. The normalized spacial score (nSPS) is 11.1. The van der Waals surface area contributed by atoms with Crippen molar-refractivity contribution in [2.75, 3.05) is 0 Å². The predicted molar refractivity (Wildman–Crippen MR) is 130 cm³/mol. The highest BCUT2D eigenvalue weighted by molar-refractivity contribution is 7.98. The molecule has 152 valence electrons. The molecule has 31 heavy (non-hydrogen) atoms. The van der Waals surface area contributed by atoms with Gasteiger partial charge in [-0.05, 0) is 40.5 Å². The van der Waals surface area contributed by atoms with Crippen LogP contribution in [0.15, 0.2) is 102 Å². The maximum atomic E-state index is 4.56. The Bertz CT molecular complexity index is 1310. The summed E-state index contributed by atoms with van der Waals surface area (Å²) in [7, 11) is 0. The maximum absolute atomic E-state index is 4.56. The van der Waals surface area contributed by atoms with E-state index in [9.17, 15) is 0 Å². The Hall–Kier alpha value is -3.37. The van der Waals surface area contributed by atoms with Crippen molar-refractivity contribution in [2.24, 2.45) is 0 Å². The Kier molecular flexibility index (Phi) is 5.55. The fourth-order valence-corrected chi connectivity index (χ4v) is 4.62. The molecule has 0 saturated carbocycles. The van der Waals surface area contributed by atoms with Gasteiger partial charge in [-0.15, -0.1) is 10.2 Å². The van der Waals surface area contributed by atoms with Crippen LogP contribution in [0.25, 0.3) is 27.8 Å². The quantitative estimate of drug-likeness (QED) is 0.278. The van der Waals surface area contributed by atoms with Crippen LogP contribution in [-0.2, 0) is 12.2 Å². The van der Waals surface area contributed by atoms with Gasteiger partial charge in [0.25, 0.3) is 0 Å². The standard InChI is InChI=1S/C27H23N3S/c1-2-20-13-16-25(17-14-20)30-26(23-9-4-3-5-10-23)28-29-27(30)31-19-21-12-15-22-8-6-7-11-24(22)18-21/h3-18H,2,19H2,1H3. The number of hydrogen-bond acceptors (Lipinski definition) is 3. The van der Waals surface area contributed by atoms with Crippen molar-refractivity contribution >= 4 is 22.5 Å². The van der Waals surface area contributed by atoms with E-state index in [0.29, 0.717) is 0 Å². The van der Waals surface area contributed by atoms with E-state index in [2.05, 4.69) is 101 Å². The maximum Gasteiger partial charge on any atom is 0.196 e. The van der Waals surface area contributed by atoms with Gasteiger partial charge in [-0.2, -0.15) is 0 Å². The third-order valence-corrected chi connectivity index (χ3v) is 6.45. The third kappa shape index (κ3) is 4.12. The topological polar surface area (TPSA) is 30.7 Å². The lowest BCUT2D eigenvalue weighted by molar-refractivity contribution is 0.885. The number of aryl methyl sites for hydroxylation is 1. The number of aromatic nitrogens is 3. The molecule has 0 N–H and O–H groups in total. The van der Waals surface area contributed by atoms with Gasteiger partial charge in [0.2, 0.25) is 0 Å². The van der Waals surface area contributed by atoms with Crippen molar-refractivity contribution in [1.29, 1.82) is 0 Å². The van der Waals surface area contributed by atoms with Gasteiger partial charge in [0.1, 0.15) is 0 Å². The smallest absolute Gasteiger partial charge is 0.196 e. The number of nitrogens with zero attached hydrogens (tertiary/aromatic N) is 3. The van der Waals surface area contributed by atoms with Crippen LogP contribution in [0.2, 0.25) is 0 Å². The molecule has 0 atom stereocenters. The van der Waals surface area contributed by atoms with Crippen molar-refractivity contribution in [3.05, 3.63) is 108 Å². The molecule has 0 unspecified atom stereocenters. The van der Waals surface area contributed by atoms with Gasteiger partial charge in [-0.3, -0.25) is 4.57 Å². The number of thioether (sulfide) groups is 1. The average Bonchev–Trinajstić information content (AvgIpc) is 3.27. The molecule has 0 saturated heterocycles. The molecule has 5 rings (SSSR count). The van der Waals surface area contributed by atoms with Gasteiger partial charge < -0.3 is 0 Å². The van der Waals surface area contributed by atoms with Crippen molar-refractivity contribution in [2.45, 2.75) is 24.3 Å². The highest BCUT2D eigenvalue weighted by Gasteiger charge is 2.16. The first-order valence-corrected chi connectivity index (χ1v) is 11.5. The largest absolute Gasteiger partial charge is 0.270 e. The third-order valence-electron chi connectivity index (χ3n) is 5.45. The molecule has 0 aliphatic heterocycles. The summed E-state index contributed by atoms with van der Waals surface area (Å²) in [6.45, 7) is 2.17. The molecule has 4 heteroatoms. The summed E-state index contributed by atoms with van der Waals surface area (Å²) < 4.78 is 2.17. The van der Waals surface area contributed by atoms with Crippen LogP contribution in [0.3, 0.4) is 0 Å². The number of fused-ring (bicyclic) bond motifs is 1. The molecule has 3 nitrogen and oxygen atoms in total. The number of benzene rings is 4. The molecule has 5 aromatic rings. The van der Waals surface area contributed by atoms with Crippen molar-refractivity contribution in [1.82, 2.24) is 14.8 Å². The van der Waals surface area contributed by atoms with Crippen LogP contribution in [0.5, 0.6) is 0 Å². The lowest BCUT2D eigenvalue weighted by Crippen LogP contribution is -2.00. The second-order valence-corrected chi connectivity index (χ2v) is 8.44. The number of rotatable bonds is 6. The Balaban J connectivity index is 1.50. The fraction of sp³-hybridized carbons (Fsp3) is 0.111. The molecule has 0 aliphatic carbocycles. The molecule has 0 spiro atoms. The molecular weight excluding hydrogens is 398 g/mol. The van der Waals surface area contributed by atoms with Crippen molar-refractivity contribution in [3.8, 4) is 17.1 Å². The highest BCUT2D eigenvalue weighted by Crippen LogP contribution is 2.30. The summed E-state index contributed by atoms with van der Waals surface area (Å²) in [5.41, 5.74) is 4.75. The molecule has 0 fully saturated rings. The average molecular weight is 422 g/mol. The summed E-state index contributed by atoms with van der Waals surface area (Å²) in [6.07, 6.45) is 1.03. The lowest BCUT2D eigenvalue weighted by Gasteiger charge is -2.11. The number of hydrogen-bond donors (Lipinski definition) is 0. The van der Waals surface area contributed by atoms with E-state index < -0.39 is 0 Å². The molecule has 4 aromatic carbocycles. The van der Waals surface area contributed by atoms with Gasteiger partial charge in [-0.25, -0.2) is 0 Å². The van der Waals surface area contributed by atoms with Gasteiger partial charge >= 0.3 is 0 Å². The van der Waals surface area contributed by atoms with Crippen molar-refractivity contribution in [3.63, 3.8) is 0 Å². The molecule has 0 amide bonds. The molecule has 0 radical (unpaired) electrons. The molecule has 1 aromatic heterocycles. The van der Waals surface area contributed by atoms with Crippen LogP contribution in [0, 0.1) is 0 Å². The van der Waals surface area contributed by atoms with Gasteiger partial charge in [0, 0.05) is 17.0 Å². The zero-order chi connectivity index (χ0) is 21.0. The first-order chi connectivity index (χ1) is 15.3. The summed E-state index contributed by atoms with van der Waals surface area (Å²) in [4.78, 5) is 0. The van der Waals surface area contributed by atoms with Crippen LogP contribution < -0.4 is 0 Å². The second-order valence-electron chi connectivity index (χ2n) is 7.50. The minimum atomic E-state index is 0.838. The van der Waals surface area contributed by atoms with E-state index in [1.165, 1.54) is 21.9 Å². The Morgan fingerprint density at radius 3 is 2.19 bits per heavy atom. The Morgan fingerprint density at radius 1 is 0.710 bits per heavy atom. The van der Waals surface area contributed by atoms with E-state index in [1.54, 1.807) is 11.8 Å². The molecule has 0 bridgehead atoms. The van der Waals surface area contributed by atoms with Gasteiger partial charge in [0.05, 0.1) is 0 Å². The van der Waals surface area contributed by atoms with Crippen LogP contribution in [0.4, 0.5) is 0 Å². The van der Waals surface area contributed by atoms with E-state index in [-0.39, 0.29) is 0 Å². The van der Waals surface area contributed by atoms with E-state index in [1.807, 2.05) is 18.2 Å². The Labute approximate surface area is 186 Å². The van der Waals surface area contributed by atoms with Crippen LogP contribution in [-0.4, -0.2) is 14.8 Å². The van der Waals surface area contributed by atoms with Crippen LogP contribution >= 0.6 is 11.8 Å². The lowest BCUT2D eigenvalue weighted by atomic mass is 10.1. The van der Waals surface area contributed by atoms with Crippen LogP contribution in [0.1, 0.15) is 18.1 Å². The van der Waals surface area contributed by atoms with Gasteiger partial charge in [-0.1, -0.05) is 104 Å². The monoisotopic (exact) mass is 421 g/mol. The molecule has 1 heterocycles. The highest BCUT2D eigenvalue weighted by atomic mass is 32.2. The molecule has 0 aliphatic rings. The van der Waals surface area contributed by atoms with E-state index in [0.717, 1.165) is 34.4 Å². The molecular formula is C27H23N3S. The summed E-state index contributed by atoms with van der Waals surface area (Å²) in [5.74, 6) is 1.70. The van der Waals surface area contributed by atoms with Gasteiger partial charge in [0.15, 0.2) is 11.0 Å². The summed E-state index contributed by atoms with van der Waals surface area (Å²) in [6, 6.07) is 34.1. The first-order valence-electron chi connectivity index (χ1n) is 10.5. The first kappa shape index (κ1) is 19.6. The van der Waals surface area contributed by atoms with E-state index in [4.69, 9.17) is 0 Å². The SMILES string of the molecule is CCc1ccc(-n2c(SCc3ccc4ccccc4c3)nnc2-c2ccccc2)cc1. The minimum Gasteiger partial charge on any atom is -0.270 e. The van der Waals surface area contributed by atoms with Crippen molar-refractivity contribution < 1.29 is 0 Å². The summed E-state index contributed by atoms with van der Waals surface area (Å²) >= 11 is 1.72. The predicted octanol–water partition coefficient (Wildman–Crippen LogP) is 6.94. The zero-order valence-corrected chi connectivity index (χ0v) is 18.2. The summed E-state index contributed by atoms with van der Waals surface area (Å²) in [5, 5.41) is 12.6. The fourth-order valence-electron chi connectivity index (χ4n) is 3.73.